The van der Waals surface area contributed by atoms with E-state index in [9.17, 15) is 14.9 Å². The molecule has 2 unspecified atom stereocenters. The van der Waals surface area contributed by atoms with Crippen molar-refractivity contribution in [3.05, 3.63) is 33.9 Å². The predicted octanol–water partition coefficient (Wildman–Crippen LogP) is 2.49. The summed E-state index contributed by atoms with van der Waals surface area (Å²) in [5.74, 6) is 0.266. The molecule has 0 saturated heterocycles. The van der Waals surface area contributed by atoms with Crippen molar-refractivity contribution in [2.75, 3.05) is 5.73 Å². The number of nitrogens with zero attached hydrogens (tertiary/aromatic N) is 1. The molecule has 1 fully saturated rings. The highest BCUT2D eigenvalue weighted by Gasteiger charge is 2.22. The molecule has 1 amide bonds. The van der Waals surface area contributed by atoms with Crippen molar-refractivity contribution in [1.82, 2.24) is 5.32 Å². The van der Waals surface area contributed by atoms with Crippen LogP contribution in [0.1, 0.15) is 43.0 Å². The average molecular weight is 277 g/mol. The molecule has 1 aliphatic rings. The number of nitrogens with two attached hydrogens (primary N) is 1. The number of rotatable bonds is 3. The van der Waals surface area contributed by atoms with Crippen molar-refractivity contribution in [3.63, 3.8) is 0 Å². The molecule has 1 aromatic rings. The van der Waals surface area contributed by atoms with E-state index >= 15 is 0 Å². The number of hydrogen-bond donors (Lipinski definition) is 2. The first-order valence-electron chi connectivity index (χ1n) is 6.82. The minimum absolute atomic E-state index is 0.124. The smallest absolute Gasteiger partial charge is 0.270 e. The van der Waals surface area contributed by atoms with Crippen LogP contribution < -0.4 is 11.1 Å². The van der Waals surface area contributed by atoms with Crippen molar-refractivity contribution in [2.24, 2.45) is 5.92 Å². The minimum Gasteiger partial charge on any atom is -0.398 e. The quantitative estimate of drug-likeness (QED) is 0.503. The molecule has 6 heteroatoms. The summed E-state index contributed by atoms with van der Waals surface area (Å²) in [6.07, 6.45) is 4.17. The Labute approximate surface area is 117 Å². The molecular formula is C14H19N3O3. The standard InChI is InChI=1S/C14H19N3O3/c1-9-3-2-4-10(7-9)16-14(18)12-8-11(17(19)20)5-6-13(12)15/h5-6,8-10H,2-4,7,15H2,1H3,(H,16,18). The van der Waals surface area contributed by atoms with Crippen LogP contribution in [0, 0.1) is 16.0 Å². The van der Waals surface area contributed by atoms with Crippen LogP contribution in [0.3, 0.4) is 0 Å². The molecule has 0 radical (unpaired) electrons. The van der Waals surface area contributed by atoms with Crippen LogP contribution in [0.25, 0.3) is 0 Å². The van der Waals surface area contributed by atoms with Crippen molar-refractivity contribution >= 4 is 17.3 Å². The van der Waals surface area contributed by atoms with Crippen molar-refractivity contribution in [2.45, 2.75) is 38.6 Å². The van der Waals surface area contributed by atoms with Gasteiger partial charge in [0.1, 0.15) is 0 Å². The fourth-order valence-electron chi connectivity index (χ4n) is 2.68. The van der Waals surface area contributed by atoms with Gasteiger partial charge in [-0.05, 0) is 24.8 Å². The second-order valence-corrected chi connectivity index (χ2v) is 5.47. The molecule has 1 aliphatic carbocycles. The number of benzene rings is 1. The van der Waals surface area contributed by atoms with Crippen molar-refractivity contribution in [1.29, 1.82) is 0 Å². The summed E-state index contributed by atoms with van der Waals surface area (Å²) in [5.41, 5.74) is 6.05. The number of hydrogen-bond acceptors (Lipinski definition) is 4. The third kappa shape index (κ3) is 3.26. The number of amides is 1. The molecular weight excluding hydrogens is 258 g/mol. The molecule has 20 heavy (non-hydrogen) atoms. The molecule has 0 heterocycles. The van der Waals surface area contributed by atoms with E-state index in [-0.39, 0.29) is 28.9 Å². The molecule has 0 aliphatic heterocycles. The summed E-state index contributed by atoms with van der Waals surface area (Å²) in [6.45, 7) is 2.17. The second kappa shape index (κ2) is 5.90. The van der Waals surface area contributed by atoms with Gasteiger partial charge in [-0.2, -0.15) is 0 Å². The van der Waals surface area contributed by atoms with Crippen LogP contribution in [0.5, 0.6) is 0 Å². The van der Waals surface area contributed by atoms with Crippen molar-refractivity contribution in [3.8, 4) is 0 Å². The fourth-order valence-corrected chi connectivity index (χ4v) is 2.68. The Balaban J connectivity index is 2.12. The molecule has 2 atom stereocenters. The highest BCUT2D eigenvalue weighted by Crippen LogP contribution is 2.25. The predicted molar refractivity (Wildman–Crippen MR) is 76.4 cm³/mol. The van der Waals surface area contributed by atoms with Crippen LogP contribution in [-0.4, -0.2) is 16.9 Å². The number of non-ortho nitro benzene ring substituents is 1. The summed E-state index contributed by atoms with van der Waals surface area (Å²) >= 11 is 0. The molecule has 0 spiro atoms. The monoisotopic (exact) mass is 277 g/mol. The van der Waals surface area contributed by atoms with E-state index < -0.39 is 4.92 Å². The summed E-state index contributed by atoms with van der Waals surface area (Å²) < 4.78 is 0. The maximum absolute atomic E-state index is 12.2. The van der Waals surface area contributed by atoms with Crippen molar-refractivity contribution < 1.29 is 9.72 Å². The summed E-state index contributed by atoms with van der Waals surface area (Å²) in [7, 11) is 0. The molecule has 2 rings (SSSR count). The molecule has 0 aromatic heterocycles. The number of carbonyl (C=O) groups excluding carboxylic acids is 1. The lowest BCUT2D eigenvalue weighted by Gasteiger charge is -2.27. The third-order valence-corrected chi connectivity index (χ3v) is 3.76. The minimum atomic E-state index is -0.529. The van der Waals surface area contributed by atoms with Crippen LogP contribution in [0.4, 0.5) is 11.4 Å². The number of nitrogens with one attached hydrogen (secondary N) is 1. The van der Waals surface area contributed by atoms with Gasteiger partial charge in [0.05, 0.1) is 10.5 Å². The zero-order valence-corrected chi connectivity index (χ0v) is 11.5. The number of nitrogen functional groups attached to an aromatic ring is 1. The first-order valence-corrected chi connectivity index (χ1v) is 6.82. The topological polar surface area (TPSA) is 98.3 Å². The van der Waals surface area contributed by atoms with Gasteiger partial charge in [-0.25, -0.2) is 0 Å². The molecule has 6 nitrogen and oxygen atoms in total. The fraction of sp³-hybridized carbons (Fsp3) is 0.500. The van der Waals surface area contributed by atoms with Gasteiger partial charge in [-0.3, -0.25) is 14.9 Å². The number of anilines is 1. The maximum Gasteiger partial charge on any atom is 0.270 e. The lowest BCUT2D eigenvalue weighted by atomic mass is 9.87. The third-order valence-electron chi connectivity index (χ3n) is 3.76. The molecule has 3 N–H and O–H groups in total. The van der Waals surface area contributed by atoms with Gasteiger partial charge in [0, 0.05) is 23.9 Å². The lowest BCUT2D eigenvalue weighted by Crippen LogP contribution is -2.38. The Hall–Kier alpha value is -2.11. The van der Waals surface area contributed by atoms with E-state index in [0.29, 0.717) is 5.92 Å². The molecule has 108 valence electrons. The zero-order valence-electron chi connectivity index (χ0n) is 11.5. The van der Waals surface area contributed by atoms with Crippen LogP contribution in [-0.2, 0) is 0 Å². The Bertz CT molecular complexity index is 530. The van der Waals surface area contributed by atoms with Gasteiger partial charge in [0.2, 0.25) is 0 Å². The van der Waals surface area contributed by atoms with Gasteiger partial charge < -0.3 is 11.1 Å². The molecule has 1 aromatic carbocycles. The van der Waals surface area contributed by atoms with Gasteiger partial charge in [-0.15, -0.1) is 0 Å². The van der Waals surface area contributed by atoms with E-state index in [4.69, 9.17) is 5.73 Å². The van der Waals surface area contributed by atoms with Gasteiger partial charge >= 0.3 is 0 Å². The summed E-state index contributed by atoms with van der Waals surface area (Å²) in [5, 5.41) is 13.7. The molecule has 0 bridgehead atoms. The van der Waals surface area contributed by atoms with E-state index in [2.05, 4.69) is 12.2 Å². The van der Waals surface area contributed by atoms with Gasteiger partial charge in [-0.1, -0.05) is 19.8 Å². The average Bonchev–Trinajstić information content (AvgIpc) is 2.38. The SMILES string of the molecule is CC1CCCC(NC(=O)c2cc([N+](=O)[O-])ccc2N)C1. The van der Waals surface area contributed by atoms with Gasteiger partial charge in [0.15, 0.2) is 0 Å². The Morgan fingerprint density at radius 2 is 2.20 bits per heavy atom. The van der Waals surface area contributed by atoms with Crippen LogP contribution in [0.15, 0.2) is 18.2 Å². The van der Waals surface area contributed by atoms with Crippen LogP contribution >= 0.6 is 0 Å². The Kier molecular flexibility index (Phi) is 4.22. The highest BCUT2D eigenvalue weighted by molar-refractivity contribution is 5.99. The normalized spacial score (nSPS) is 22.2. The lowest BCUT2D eigenvalue weighted by molar-refractivity contribution is -0.384. The van der Waals surface area contributed by atoms with E-state index in [1.807, 2.05) is 0 Å². The highest BCUT2D eigenvalue weighted by atomic mass is 16.6. The first-order chi connectivity index (χ1) is 9.47. The van der Waals surface area contributed by atoms with E-state index in [0.717, 1.165) is 19.3 Å². The Morgan fingerprint density at radius 1 is 1.45 bits per heavy atom. The van der Waals surface area contributed by atoms with E-state index in [1.54, 1.807) is 0 Å². The molecule has 1 saturated carbocycles. The summed E-state index contributed by atoms with van der Waals surface area (Å²) in [6, 6.07) is 4.06. The van der Waals surface area contributed by atoms with Crippen LogP contribution in [0.2, 0.25) is 0 Å². The number of nitro groups is 1. The van der Waals surface area contributed by atoms with Gasteiger partial charge in [0.25, 0.3) is 11.6 Å². The summed E-state index contributed by atoms with van der Waals surface area (Å²) in [4.78, 5) is 22.4. The largest absolute Gasteiger partial charge is 0.398 e. The van der Waals surface area contributed by atoms with E-state index in [1.165, 1.54) is 24.6 Å². The Morgan fingerprint density at radius 3 is 2.85 bits per heavy atom. The second-order valence-electron chi connectivity index (χ2n) is 5.47. The maximum atomic E-state index is 12.2. The number of nitro benzene ring substituents is 1. The first kappa shape index (κ1) is 14.3. The number of carbonyl (C=O) groups is 1. The zero-order chi connectivity index (χ0) is 14.7.